The van der Waals surface area contributed by atoms with Crippen molar-refractivity contribution in [3.05, 3.63) is 47.5 Å². The molecule has 0 saturated carbocycles. The molecule has 0 radical (unpaired) electrons. The highest BCUT2D eigenvalue weighted by molar-refractivity contribution is 6.31. The molecule has 0 aliphatic carbocycles. The average Bonchev–Trinajstić information content (AvgIpc) is 3.05. The lowest BCUT2D eigenvalue weighted by Gasteiger charge is -2.19. The Bertz CT molecular complexity index is 1520. The molecule has 51 heavy (non-hydrogen) atoms. The van der Waals surface area contributed by atoms with Gasteiger partial charge in [-0.25, -0.2) is 14.4 Å². The number of hydrogen-bond acceptors (Lipinski definition) is 10. The fraction of sp³-hybridized carbons (Fsp3) is 0.579. The maximum atomic E-state index is 13.7. The minimum absolute atomic E-state index is 0.00701. The molecule has 0 aliphatic rings. The third-order valence-electron chi connectivity index (χ3n) is 7.56. The van der Waals surface area contributed by atoms with Crippen molar-refractivity contribution in [2.45, 2.75) is 90.6 Å². The summed E-state index contributed by atoms with van der Waals surface area (Å²) in [4.78, 5) is 35.5. The van der Waals surface area contributed by atoms with Gasteiger partial charge in [-0.15, -0.1) is 0 Å². The van der Waals surface area contributed by atoms with Gasteiger partial charge in [0.1, 0.15) is 29.3 Å². The summed E-state index contributed by atoms with van der Waals surface area (Å²) in [6.45, 7) is 9.58. The Morgan fingerprint density at radius 3 is 2.16 bits per heavy atom. The monoisotopic (exact) mass is 731 g/mol. The van der Waals surface area contributed by atoms with E-state index < -0.39 is 11.4 Å². The van der Waals surface area contributed by atoms with E-state index in [-0.39, 0.29) is 16.9 Å². The van der Waals surface area contributed by atoms with Crippen LogP contribution in [0.1, 0.15) is 85.0 Å². The number of esters is 1. The van der Waals surface area contributed by atoms with Crippen LogP contribution in [0, 0.1) is 5.82 Å². The minimum atomic E-state index is -0.513. The van der Waals surface area contributed by atoms with E-state index in [9.17, 15) is 14.0 Å². The molecule has 0 atom stereocenters. The number of nitrogens with zero attached hydrogens (tertiary/aromatic N) is 3. The number of fused-ring (bicyclic) bond motifs is 1. The van der Waals surface area contributed by atoms with Gasteiger partial charge in [0.25, 0.3) is 0 Å². The molecule has 3 aromatic rings. The highest BCUT2D eigenvalue weighted by Crippen LogP contribution is 2.34. The molecule has 0 fully saturated rings. The zero-order valence-electron chi connectivity index (χ0n) is 30.8. The number of aromatic nitrogens is 2. The molecular weight excluding hydrogens is 677 g/mol. The summed E-state index contributed by atoms with van der Waals surface area (Å²) in [6.07, 6.45) is 9.12. The number of nitrogens with one attached hydrogen (secondary N) is 2. The first-order valence-electron chi connectivity index (χ1n) is 17.9. The first-order valence-corrected chi connectivity index (χ1v) is 18.2. The molecule has 1 amide bonds. The van der Waals surface area contributed by atoms with Gasteiger partial charge in [0.15, 0.2) is 0 Å². The highest BCUT2D eigenvalue weighted by Gasteiger charge is 2.16. The van der Waals surface area contributed by atoms with Crippen molar-refractivity contribution in [1.29, 1.82) is 0 Å². The van der Waals surface area contributed by atoms with E-state index in [0.29, 0.717) is 79.7 Å². The Morgan fingerprint density at radius 1 is 0.843 bits per heavy atom. The number of anilines is 3. The van der Waals surface area contributed by atoms with Crippen LogP contribution in [0.2, 0.25) is 5.02 Å². The van der Waals surface area contributed by atoms with Crippen LogP contribution < -0.4 is 15.4 Å². The summed E-state index contributed by atoms with van der Waals surface area (Å²) in [5.41, 5.74) is 1.27. The summed E-state index contributed by atoms with van der Waals surface area (Å²) in [5.74, 6) is 0.223. The molecular formula is C38H55ClFN5O6. The van der Waals surface area contributed by atoms with Crippen molar-refractivity contribution in [3.63, 3.8) is 0 Å². The van der Waals surface area contributed by atoms with Crippen molar-refractivity contribution in [1.82, 2.24) is 14.9 Å². The molecule has 3 rings (SSSR count). The van der Waals surface area contributed by atoms with Crippen LogP contribution in [0.25, 0.3) is 10.9 Å². The molecule has 282 valence electrons. The van der Waals surface area contributed by atoms with Crippen LogP contribution in [0.5, 0.6) is 5.75 Å². The number of amides is 1. The van der Waals surface area contributed by atoms with E-state index in [1.54, 1.807) is 18.2 Å². The van der Waals surface area contributed by atoms with E-state index in [1.807, 2.05) is 39.8 Å². The predicted octanol–water partition coefficient (Wildman–Crippen LogP) is 8.32. The smallest absolute Gasteiger partial charge is 0.306 e. The lowest BCUT2D eigenvalue weighted by atomic mass is 10.1. The van der Waals surface area contributed by atoms with E-state index in [0.717, 1.165) is 57.9 Å². The molecule has 0 saturated heterocycles. The average molecular weight is 732 g/mol. The number of benzene rings is 2. The molecule has 0 unspecified atom stereocenters. The summed E-state index contributed by atoms with van der Waals surface area (Å²) in [6, 6.07) is 7.92. The van der Waals surface area contributed by atoms with E-state index in [2.05, 4.69) is 20.6 Å². The van der Waals surface area contributed by atoms with Crippen molar-refractivity contribution in [2.24, 2.45) is 0 Å². The first-order chi connectivity index (χ1) is 24.4. The SMILES string of the molecule is CN(C)CCCC(=O)Nc1cc2c(Nc3ccc(F)c(Cl)c3)ncnc2cc1OCCCCOCCCCOCCCCCC(=O)OC(C)(C)C. The lowest BCUT2D eigenvalue weighted by molar-refractivity contribution is -0.154. The Kier molecular flexibility index (Phi) is 18.4. The Morgan fingerprint density at radius 2 is 1.51 bits per heavy atom. The van der Waals surface area contributed by atoms with Crippen LogP contribution in [-0.2, 0) is 23.8 Å². The quantitative estimate of drug-likeness (QED) is 0.0687. The minimum Gasteiger partial charge on any atom is -0.491 e. The Hall–Kier alpha value is -3.58. The Balaban J connectivity index is 1.40. The second-order valence-corrected chi connectivity index (χ2v) is 14.1. The number of carbonyl (C=O) groups is 2. The van der Waals surface area contributed by atoms with Gasteiger partial charge in [-0.1, -0.05) is 18.0 Å². The molecule has 2 N–H and O–H groups in total. The van der Waals surface area contributed by atoms with Crippen LogP contribution in [-0.4, -0.2) is 86.0 Å². The zero-order valence-corrected chi connectivity index (χ0v) is 31.6. The highest BCUT2D eigenvalue weighted by atomic mass is 35.5. The molecule has 1 heterocycles. The summed E-state index contributed by atoms with van der Waals surface area (Å²) >= 11 is 5.98. The van der Waals surface area contributed by atoms with Crippen LogP contribution in [0.4, 0.5) is 21.6 Å². The molecule has 13 heteroatoms. The fourth-order valence-electron chi connectivity index (χ4n) is 5.02. The molecule has 11 nitrogen and oxygen atoms in total. The van der Waals surface area contributed by atoms with Gasteiger partial charge >= 0.3 is 5.97 Å². The Labute approximate surface area is 306 Å². The van der Waals surface area contributed by atoms with Gasteiger partial charge < -0.3 is 34.5 Å². The second-order valence-electron chi connectivity index (χ2n) is 13.7. The van der Waals surface area contributed by atoms with Crippen molar-refractivity contribution < 1.29 is 32.9 Å². The summed E-state index contributed by atoms with van der Waals surface area (Å²) < 4.78 is 36.7. The molecule has 0 bridgehead atoms. The maximum absolute atomic E-state index is 13.7. The van der Waals surface area contributed by atoms with Gasteiger partial charge in [0, 0.05) is 56.4 Å². The number of halogens is 2. The van der Waals surface area contributed by atoms with E-state index in [4.69, 9.17) is 30.5 Å². The van der Waals surface area contributed by atoms with E-state index >= 15 is 0 Å². The van der Waals surface area contributed by atoms with Gasteiger partial charge in [0.2, 0.25) is 5.91 Å². The maximum Gasteiger partial charge on any atom is 0.306 e. The van der Waals surface area contributed by atoms with Crippen LogP contribution in [0.3, 0.4) is 0 Å². The van der Waals surface area contributed by atoms with Crippen molar-refractivity contribution >= 4 is 51.6 Å². The standard InChI is InChI=1S/C38H55ClFN5O6/c1-38(2,3)51-36(47)15-7-6-8-19-48-20-9-10-21-49-22-11-12-23-50-34-26-32-29(25-33(34)44-35(46)14-13-18-45(4)5)37(42-27-41-32)43-28-16-17-31(40)30(39)24-28/h16-17,24-27H,6-15,18-23H2,1-5H3,(H,44,46)(H,41,42,43). The second kappa shape index (κ2) is 22.4. The van der Waals surface area contributed by atoms with E-state index in [1.165, 1.54) is 18.5 Å². The number of hydrogen-bond donors (Lipinski definition) is 2. The third-order valence-corrected chi connectivity index (χ3v) is 7.85. The number of ether oxygens (including phenoxy) is 4. The first kappa shape index (κ1) is 41.8. The summed E-state index contributed by atoms with van der Waals surface area (Å²) in [7, 11) is 3.94. The van der Waals surface area contributed by atoms with Gasteiger partial charge in [-0.05, 0) is 111 Å². The van der Waals surface area contributed by atoms with Gasteiger partial charge in [-0.2, -0.15) is 0 Å². The fourth-order valence-corrected chi connectivity index (χ4v) is 5.20. The van der Waals surface area contributed by atoms with Gasteiger partial charge in [0.05, 0.1) is 22.8 Å². The molecule has 0 aliphatic heterocycles. The largest absolute Gasteiger partial charge is 0.491 e. The lowest BCUT2D eigenvalue weighted by Crippen LogP contribution is -2.23. The zero-order chi connectivity index (χ0) is 37.1. The topological polar surface area (TPSA) is 124 Å². The van der Waals surface area contributed by atoms with Gasteiger partial charge in [-0.3, -0.25) is 9.59 Å². The van der Waals surface area contributed by atoms with Crippen LogP contribution >= 0.6 is 11.6 Å². The summed E-state index contributed by atoms with van der Waals surface area (Å²) in [5, 5.41) is 6.83. The van der Waals surface area contributed by atoms with Crippen molar-refractivity contribution in [3.8, 4) is 5.75 Å². The predicted molar refractivity (Wildman–Crippen MR) is 201 cm³/mol. The van der Waals surface area contributed by atoms with Crippen molar-refractivity contribution in [2.75, 3.05) is 64.3 Å². The van der Waals surface area contributed by atoms with Crippen LogP contribution in [0.15, 0.2) is 36.7 Å². The number of unbranched alkanes of at least 4 members (excludes halogenated alkanes) is 4. The molecule has 1 aromatic heterocycles. The molecule has 2 aromatic carbocycles. The number of carbonyl (C=O) groups excluding carboxylic acids is 2. The normalized spacial score (nSPS) is 11.6. The molecule has 0 spiro atoms. The number of rotatable bonds is 24. The third kappa shape index (κ3) is 17.0.